The maximum atomic E-state index is 13.0. The first-order chi connectivity index (χ1) is 11.7. The third kappa shape index (κ3) is 4.25. The summed E-state index contributed by atoms with van der Waals surface area (Å²) in [5.41, 5.74) is 5.75. The molecule has 2 N–H and O–H groups in total. The molecule has 6 nitrogen and oxygen atoms in total. The highest BCUT2D eigenvalue weighted by atomic mass is 16.2. The molecular weight excluding hydrogens is 316 g/mol. The van der Waals surface area contributed by atoms with Crippen LogP contribution in [0.3, 0.4) is 0 Å². The first-order valence-electron chi connectivity index (χ1n) is 8.61. The maximum Gasteiger partial charge on any atom is 0.274 e. The zero-order chi connectivity index (χ0) is 18.8. The first-order valence-corrected chi connectivity index (χ1v) is 8.61. The highest BCUT2D eigenvalue weighted by Crippen LogP contribution is 2.19. The number of rotatable bonds is 6. The van der Waals surface area contributed by atoms with E-state index in [0.717, 1.165) is 0 Å². The average molecular weight is 344 g/mol. The van der Waals surface area contributed by atoms with Gasteiger partial charge < -0.3 is 10.6 Å². The average Bonchev–Trinajstić information content (AvgIpc) is 2.56. The molecule has 0 spiro atoms. The second-order valence-electron chi connectivity index (χ2n) is 7.80. The molecule has 6 heteroatoms. The second-order valence-corrected chi connectivity index (χ2v) is 7.80. The molecule has 2 rings (SSSR count). The van der Waals surface area contributed by atoms with Crippen LogP contribution in [-0.4, -0.2) is 40.7 Å². The largest absolute Gasteiger partial charge is 0.340 e. The van der Waals surface area contributed by atoms with Gasteiger partial charge in [0.15, 0.2) is 5.69 Å². The van der Waals surface area contributed by atoms with Crippen LogP contribution in [0.4, 0.5) is 0 Å². The van der Waals surface area contributed by atoms with Gasteiger partial charge in [0.2, 0.25) is 0 Å². The van der Waals surface area contributed by atoms with E-state index in [0.29, 0.717) is 36.1 Å². The molecule has 25 heavy (non-hydrogen) atoms. The fourth-order valence-electron chi connectivity index (χ4n) is 2.82. The Morgan fingerprint density at radius 2 is 1.88 bits per heavy atom. The van der Waals surface area contributed by atoms with Gasteiger partial charge in [0, 0.05) is 25.5 Å². The molecule has 0 unspecified atom stereocenters. The summed E-state index contributed by atoms with van der Waals surface area (Å²) in [6.45, 7) is 9.53. The molecule has 0 saturated carbocycles. The molecule has 0 radical (unpaired) electrons. The SMILES string of the molecule is CC(C)Cn1nc(C(=O)N(C)CC(C)(C)CN)c2ccccc2c1=O. The summed E-state index contributed by atoms with van der Waals surface area (Å²) in [7, 11) is 1.74. The third-order valence-corrected chi connectivity index (χ3v) is 4.17. The molecule has 2 aromatic rings. The maximum absolute atomic E-state index is 13.0. The van der Waals surface area contributed by atoms with Crippen LogP contribution in [0.2, 0.25) is 0 Å². The van der Waals surface area contributed by atoms with Crippen molar-refractivity contribution in [2.45, 2.75) is 34.2 Å². The van der Waals surface area contributed by atoms with E-state index in [1.165, 1.54) is 4.68 Å². The monoisotopic (exact) mass is 344 g/mol. The van der Waals surface area contributed by atoms with Gasteiger partial charge in [-0.05, 0) is 23.9 Å². The number of carbonyl (C=O) groups excluding carboxylic acids is 1. The molecule has 1 aromatic carbocycles. The predicted octanol–water partition coefficient (Wildman–Crippen LogP) is 2.11. The summed E-state index contributed by atoms with van der Waals surface area (Å²) in [5.74, 6) is 0.0541. The van der Waals surface area contributed by atoms with Crippen molar-refractivity contribution in [3.63, 3.8) is 0 Å². The zero-order valence-electron chi connectivity index (χ0n) is 15.7. The number of benzene rings is 1. The van der Waals surface area contributed by atoms with Crippen LogP contribution >= 0.6 is 0 Å². The van der Waals surface area contributed by atoms with Crippen molar-refractivity contribution < 1.29 is 4.79 Å². The Balaban J connectivity index is 2.54. The Kier molecular flexibility index (Phi) is 5.62. The van der Waals surface area contributed by atoms with E-state index in [9.17, 15) is 9.59 Å². The lowest BCUT2D eigenvalue weighted by molar-refractivity contribution is 0.0734. The minimum atomic E-state index is -0.199. The second kappa shape index (κ2) is 7.35. The van der Waals surface area contributed by atoms with Crippen molar-refractivity contribution in [2.75, 3.05) is 20.1 Å². The number of hydrogen-bond acceptors (Lipinski definition) is 4. The molecule has 1 heterocycles. The van der Waals surface area contributed by atoms with Gasteiger partial charge >= 0.3 is 0 Å². The minimum absolute atomic E-state index is 0.161. The van der Waals surface area contributed by atoms with Crippen molar-refractivity contribution in [3.05, 3.63) is 40.3 Å². The van der Waals surface area contributed by atoms with E-state index in [1.807, 2.05) is 33.8 Å². The molecule has 0 aliphatic carbocycles. The van der Waals surface area contributed by atoms with E-state index >= 15 is 0 Å². The molecule has 1 amide bonds. The van der Waals surface area contributed by atoms with Crippen molar-refractivity contribution in [1.82, 2.24) is 14.7 Å². The number of carbonyl (C=O) groups is 1. The zero-order valence-corrected chi connectivity index (χ0v) is 15.7. The molecule has 136 valence electrons. The van der Waals surface area contributed by atoms with Crippen molar-refractivity contribution >= 4 is 16.7 Å². The standard InChI is InChI=1S/C19H28N4O2/c1-13(2)10-23-17(24)15-9-7-6-8-14(15)16(21-23)18(25)22(5)12-19(3,4)11-20/h6-9,13H,10-12,20H2,1-5H3. The Morgan fingerprint density at radius 1 is 1.28 bits per heavy atom. The lowest BCUT2D eigenvalue weighted by Crippen LogP contribution is -2.41. The molecule has 0 aliphatic rings. The summed E-state index contributed by atoms with van der Waals surface area (Å²) >= 11 is 0. The summed E-state index contributed by atoms with van der Waals surface area (Å²) in [6.07, 6.45) is 0. The van der Waals surface area contributed by atoms with Gasteiger partial charge in [-0.25, -0.2) is 4.68 Å². The summed E-state index contributed by atoms with van der Waals surface area (Å²) < 4.78 is 1.40. The highest BCUT2D eigenvalue weighted by molar-refractivity contribution is 6.04. The van der Waals surface area contributed by atoms with Gasteiger partial charge in [0.05, 0.1) is 5.39 Å². The summed E-state index contributed by atoms with van der Waals surface area (Å²) in [4.78, 5) is 27.3. The number of hydrogen-bond donors (Lipinski definition) is 1. The topological polar surface area (TPSA) is 81.2 Å². The van der Waals surface area contributed by atoms with E-state index in [2.05, 4.69) is 5.10 Å². The van der Waals surface area contributed by atoms with E-state index in [1.54, 1.807) is 30.1 Å². The fourth-order valence-corrected chi connectivity index (χ4v) is 2.82. The number of fused-ring (bicyclic) bond motifs is 1. The normalized spacial score (nSPS) is 12.0. The molecule has 1 aromatic heterocycles. The van der Waals surface area contributed by atoms with Crippen LogP contribution < -0.4 is 11.3 Å². The van der Waals surface area contributed by atoms with E-state index in [4.69, 9.17) is 5.73 Å². The van der Waals surface area contributed by atoms with Gasteiger partial charge in [0.25, 0.3) is 11.5 Å². The molecule has 0 saturated heterocycles. The van der Waals surface area contributed by atoms with Crippen molar-refractivity contribution in [2.24, 2.45) is 17.1 Å². The van der Waals surface area contributed by atoms with Gasteiger partial charge in [-0.1, -0.05) is 45.9 Å². The number of nitrogens with zero attached hydrogens (tertiary/aromatic N) is 3. The van der Waals surface area contributed by atoms with Crippen molar-refractivity contribution in [3.8, 4) is 0 Å². The highest BCUT2D eigenvalue weighted by Gasteiger charge is 2.25. The van der Waals surface area contributed by atoms with Crippen LogP contribution in [0.1, 0.15) is 38.2 Å². The fraction of sp³-hybridized carbons (Fsp3) is 0.526. The molecule has 0 bridgehead atoms. The molecular formula is C19H28N4O2. The quantitative estimate of drug-likeness (QED) is 0.870. The van der Waals surface area contributed by atoms with E-state index < -0.39 is 0 Å². The Labute approximate surface area is 148 Å². The van der Waals surface area contributed by atoms with Gasteiger partial charge in [-0.3, -0.25) is 9.59 Å². The number of aromatic nitrogens is 2. The Bertz CT molecular complexity index is 824. The lowest BCUT2D eigenvalue weighted by Gasteiger charge is -2.29. The van der Waals surface area contributed by atoms with Crippen LogP contribution in [0, 0.1) is 11.3 Å². The number of nitrogens with two attached hydrogens (primary N) is 1. The van der Waals surface area contributed by atoms with Crippen molar-refractivity contribution in [1.29, 1.82) is 0 Å². The summed E-state index contributed by atoms with van der Waals surface area (Å²) in [5, 5.41) is 5.51. The summed E-state index contributed by atoms with van der Waals surface area (Å²) in [6, 6.07) is 7.14. The lowest BCUT2D eigenvalue weighted by atomic mass is 9.93. The first kappa shape index (κ1) is 19.1. The van der Waals surface area contributed by atoms with Crippen LogP contribution in [0.25, 0.3) is 10.8 Å². The van der Waals surface area contributed by atoms with Gasteiger partial charge in [-0.15, -0.1) is 0 Å². The van der Waals surface area contributed by atoms with Crippen LogP contribution in [0.15, 0.2) is 29.1 Å². The smallest absolute Gasteiger partial charge is 0.274 e. The predicted molar refractivity (Wildman–Crippen MR) is 101 cm³/mol. The van der Waals surface area contributed by atoms with Gasteiger partial charge in [0.1, 0.15) is 0 Å². The molecule has 0 fully saturated rings. The Morgan fingerprint density at radius 3 is 2.44 bits per heavy atom. The number of amides is 1. The minimum Gasteiger partial charge on any atom is -0.340 e. The molecule has 0 aliphatic heterocycles. The van der Waals surface area contributed by atoms with Gasteiger partial charge in [-0.2, -0.15) is 5.10 Å². The third-order valence-electron chi connectivity index (χ3n) is 4.17. The van der Waals surface area contributed by atoms with Crippen LogP contribution in [0.5, 0.6) is 0 Å². The van der Waals surface area contributed by atoms with E-state index in [-0.39, 0.29) is 22.8 Å². The Hall–Kier alpha value is -2.21. The van der Waals surface area contributed by atoms with Crippen LogP contribution in [-0.2, 0) is 6.54 Å². The molecule has 0 atom stereocenters.